The number of rotatable bonds is 11. The van der Waals surface area contributed by atoms with Gasteiger partial charge in [-0.25, -0.2) is 5.43 Å². The van der Waals surface area contributed by atoms with E-state index in [9.17, 15) is 14.9 Å². The molecule has 0 saturated heterocycles. The van der Waals surface area contributed by atoms with Crippen LogP contribution in [0.15, 0.2) is 70.2 Å². The number of hydrazone groups is 1. The van der Waals surface area contributed by atoms with Crippen LogP contribution in [0.3, 0.4) is 0 Å². The second-order valence-electron chi connectivity index (χ2n) is 7.29. The van der Waals surface area contributed by atoms with E-state index >= 15 is 0 Å². The van der Waals surface area contributed by atoms with Crippen LogP contribution in [0.4, 0.5) is 5.69 Å². The number of nitrogens with zero attached hydrogens (tertiary/aromatic N) is 2. The maximum absolute atomic E-state index is 12.2. The number of nitro groups is 1. The first-order chi connectivity index (χ1) is 16.9. The normalized spacial score (nSPS) is 10.7. The summed E-state index contributed by atoms with van der Waals surface area (Å²) < 4.78 is 17.4. The predicted molar refractivity (Wildman–Crippen MR) is 135 cm³/mol. The zero-order valence-electron chi connectivity index (χ0n) is 19.2. The zero-order valence-corrected chi connectivity index (χ0v) is 20.8. The number of hydrogen-bond acceptors (Lipinski definition) is 7. The van der Waals surface area contributed by atoms with Crippen LogP contribution >= 0.6 is 15.9 Å². The third-order valence-corrected chi connectivity index (χ3v) is 5.38. The molecule has 0 radical (unpaired) electrons. The van der Waals surface area contributed by atoms with E-state index in [1.807, 2.05) is 19.1 Å². The Kier molecular flexibility index (Phi) is 9.19. The first-order valence-electron chi connectivity index (χ1n) is 10.7. The summed E-state index contributed by atoms with van der Waals surface area (Å²) in [7, 11) is 1.59. The molecule has 35 heavy (non-hydrogen) atoms. The highest BCUT2D eigenvalue weighted by Gasteiger charge is 2.13. The van der Waals surface area contributed by atoms with Crippen molar-refractivity contribution < 1.29 is 23.9 Å². The van der Waals surface area contributed by atoms with Crippen LogP contribution in [0.5, 0.6) is 17.2 Å². The van der Waals surface area contributed by atoms with Gasteiger partial charge in [0, 0.05) is 12.1 Å². The van der Waals surface area contributed by atoms with Gasteiger partial charge < -0.3 is 14.2 Å². The molecule has 0 unspecified atom stereocenters. The lowest BCUT2D eigenvalue weighted by Gasteiger charge is -2.14. The lowest BCUT2D eigenvalue weighted by molar-refractivity contribution is -0.384. The molecule has 9 nitrogen and oxygen atoms in total. The highest BCUT2D eigenvalue weighted by Crippen LogP contribution is 2.37. The van der Waals surface area contributed by atoms with Crippen molar-refractivity contribution in [3.63, 3.8) is 0 Å². The van der Waals surface area contributed by atoms with Crippen LogP contribution in [0.1, 0.15) is 23.6 Å². The third-order valence-electron chi connectivity index (χ3n) is 4.79. The van der Waals surface area contributed by atoms with Crippen molar-refractivity contribution in [2.24, 2.45) is 5.10 Å². The van der Waals surface area contributed by atoms with E-state index in [1.165, 1.54) is 18.3 Å². The molecule has 0 fully saturated rings. The van der Waals surface area contributed by atoms with Crippen molar-refractivity contribution in [1.82, 2.24) is 5.43 Å². The van der Waals surface area contributed by atoms with Gasteiger partial charge in [0.05, 0.1) is 35.7 Å². The number of benzene rings is 3. The van der Waals surface area contributed by atoms with E-state index in [4.69, 9.17) is 14.2 Å². The maximum atomic E-state index is 12.2. The summed E-state index contributed by atoms with van der Waals surface area (Å²) in [6.07, 6.45) is 1.70. The van der Waals surface area contributed by atoms with Crippen LogP contribution in [0.25, 0.3) is 0 Å². The molecule has 0 spiro atoms. The van der Waals surface area contributed by atoms with Gasteiger partial charge in [-0.05, 0) is 75.9 Å². The lowest BCUT2D eigenvalue weighted by atomic mass is 10.1. The van der Waals surface area contributed by atoms with Crippen molar-refractivity contribution in [1.29, 1.82) is 0 Å². The van der Waals surface area contributed by atoms with Gasteiger partial charge in [0.2, 0.25) is 5.91 Å². The summed E-state index contributed by atoms with van der Waals surface area (Å²) in [5.41, 5.74) is 4.84. The van der Waals surface area contributed by atoms with Crippen LogP contribution in [-0.4, -0.2) is 30.8 Å². The summed E-state index contributed by atoms with van der Waals surface area (Å²) in [5.74, 6) is 1.46. The average Bonchev–Trinajstić information content (AvgIpc) is 2.84. The van der Waals surface area contributed by atoms with Crippen molar-refractivity contribution in [3.05, 3.63) is 91.9 Å². The van der Waals surface area contributed by atoms with Crippen molar-refractivity contribution >= 4 is 33.7 Å². The summed E-state index contributed by atoms with van der Waals surface area (Å²) in [5, 5.41) is 14.9. The van der Waals surface area contributed by atoms with Crippen molar-refractivity contribution in [3.8, 4) is 17.2 Å². The molecule has 182 valence electrons. The number of halogens is 1. The topological polar surface area (TPSA) is 112 Å². The zero-order chi connectivity index (χ0) is 25.2. The number of hydrogen-bond donors (Lipinski definition) is 1. The molecule has 1 amide bonds. The van der Waals surface area contributed by atoms with Gasteiger partial charge in [0.25, 0.3) is 5.69 Å². The van der Waals surface area contributed by atoms with E-state index in [1.54, 1.807) is 43.5 Å². The third kappa shape index (κ3) is 7.54. The molecule has 3 aromatic rings. The Labute approximate surface area is 211 Å². The Morgan fingerprint density at radius 1 is 1.09 bits per heavy atom. The van der Waals surface area contributed by atoms with E-state index in [0.717, 1.165) is 16.9 Å². The molecular formula is C25H24BrN3O6. The second kappa shape index (κ2) is 12.5. The Morgan fingerprint density at radius 2 is 1.77 bits per heavy atom. The molecule has 0 aliphatic heterocycles. The maximum Gasteiger partial charge on any atom is 0.269 e. The number of nitro benzene ring substituents is 1. The quantitative estimate of drug-likeness (QED) is 0.207. The predicted octanol–water partition coefficient (Wildman–Crippen LogP) is 5.04. The molecule has 0 bridgehead atoms. The highest BCUT2D eigenvalue weighted by molar-refractivity contribution is 9.10. The number of methoxy groups -OCH3 is 1. The van der Waals surface area contributed by atoms with E-state index < -0.39 is 4.92 Å². The van der Waals surface area contributed by atoms with Crippen molar-refractivity contribution in [2.45, 2.75) is 20.0 Å². The highest BCUT2D eigenvalue weighted by atomic mass is 79.9. The summed E-state index contributed by atoms with van der Waals surface area (Å²) in [6.45, 7) is 2.47. The molecule has 3 rings (SSSR count). The largest absolute Gasteiger partial charge is 0.497 e. The number of ether oxygens (including phenoxy) is 3. The fraction of sp³-hybridized carbons (Fsp3) is 0.200. The van der Waals surface area contributed by atoms with Gasteiger partial charge >= 0.3 is 0 Å². The SMILES string of the molecule is CCOc1cc(/C=N/NC(=O)Cc2ccc(OC)cc2)cc(Br)c1OCc1ccc([N+](=O)[O-])cc1. The van der Waals surface area contributed by atoms with Gasteiger partial charge in [0.1, 0.15) is 12.4 Å². The minimum Gasteiger partial charge on any atom is -0.497 e. The number of non-ortho nitro benzene ring substituents is 1. The van der Waals surface area contributed by atoms with Gasteiger partial charge in [-0.15, -0.1) is 0 Å². The summed E-state index contributed by atoms with van der Waals surface area (Å²) in [6, 6.07) is 16.9. The Hall–Kier alpha value is -3.92. The molecule has 0 atom stereocenters. The van der Waals surface area contributed by atoms with E-state index in [2.05, 4.69) is 26.5 Å². The molecule has 0 saturated carbocycles. The molecule has 0 aliphatic rings. The van der Waals surface area contributed by atoms with Crippen LogP contribution in [0, 0.1) is 10.1 Å². The molecule has 0 aliphatic carbocycles. The molecular weight excluding hydrogens is 518 g/mol. The Bertz CT molecular complexity index is 1200. The van der Waals surface area contributed by atoms with Gasteiger partial charge in [0.15, 0.2) is 11.5 Å². The fourth-order valence-corrected chi connectivity index (χ4v) is 3.66. The average molecular weight is 542 g/mol. The van der Waals surface area contributed by atoms with Gasteiger partial charge in [-0.1, -0.05) is 12.1 Å². The Balaban J connectivity index is 1.64. The molecule has 3 aromatic carbocycles. The second-order valence-corrected chi connectivity index (χ2v) is 8.15. The van der Waals surface area contributed by atoms with Crippen LogP contribution in [0.2, 0.25) is 0 Å². The van der Waals surface area contributed by atoms with Crippen LogP contribution in [-0.2, 0) is 17.8 Å². The molecule has 0 aromatic heterocycles. The number of nitrogens with one attached hydrogen (secondary N) is 1. The van der Waals surface area contributed by atoms with Gasteiger partial charge in [-0.3, -0.25) is 14.9 Å². The monoisotopic (exact) mass is 541 g/mol. The lowest BCUT2D eigenvalue weighted by Crippen LogP contribution is -2.19. The smallest absolute Gasteiger partial charge is 0.269 e. The summed E-state index contributed by atoms with van der Waals surface area (Å²) in [4.78, 5) is 22.5. The summed E-state index contributed by atoms with van der Waals surface area (Å²) >= 11 is 3.50. The molecule has 10 heteroatoms. The molecule has 1 N–H and O–H groups in total. The van der Waals surface area contributed by atoms with E-state index in [0.29, 0.717) is 28.1 Å². The van der Waals surface area contributed by atoms with Gasteiger partial charge in [-0.2, -0.15) is 5.10 Å². The fourth-order valence-electron chi connectivity index (χ4n) is 3.08. The number of amides is 1. The van der Waals surface area contributed by atoms with E-state index in [-0.39, 0.29) is 24.6 Å². The number of carbonyl (C=O) groups excluding carboxylic acids is 1. The minimum atomic E-state index is -0.448. The first-order valence-corrected chi connectivity index (χ1v) is 11.5. The standard InChI is InChI=1S/C25H24BrN3O6/c1-3-34-23-13-19(15-27-28-24(30)14-17-6-10-21(33-2)11-7-17)12-22(26)25(23)35-16-18-4-8-20(9-5-18)29(31)32/h4-13,15H,3,14,16H2,1-2H3,(H,28,30)/b27-15+. The van der Waals surface area contributed by atoms with Crippen LogP contribution < -0.4 is 19.6 Å². The number of carbonyl (C=O) groups is 1. The Morgan fingerprint density at radius 3 is 2.40 bits per heavy atom. The minimum absolute atomic E-state index is 0.0182. The molecule has 0 heterocycles. The first kappa shape index (κ1) is 25.7. The van der Waals surface area contributed by atoms with Crippen molar-refractivity contribution in [2.75, 3.05) is 13.7 Å².